The molecule has 14 heavy (non-hydrogen) atoms. The van der Waals surface area contributed by atoms with Crippen molar-refractivity contribution < 1.29 is 9.53 Å². The summed E-state index contributed by atoms with van der Waals surface area (Å²) in [6.45, 7) is 0. The van der Waals surface area contributed by atoms with Crippen LogP contribution < -0.4 is 0 Å². The number of ether oxygens (including phenoxy) is 1. The third-order valence-corrected chi connectivity index (χ3v) is 3.33. The van der Waals surface area contributed by atoms with Crippen LogP contribution >= 0.6 is 38.5 Å². The Morgan fingerprint density at radius 2 is 2.29 bits per heavy atom. The van der Waals surface area contributed by atoms with Crippen molar-refractivity contribution in [2.75, 3.05) is 7.11 Å². The van der Waals surface area contributed by atoms with Gasteiger partial charge >= 0.3 is 5.97 Å². The maximum absolute atomic E-state index is 11.2. The molecule has 0 fully saturated rings. The number of nitrogens with zero attached hydrogens (tertiary/aromatic N) is 1. The monoisotopic (exact) mass is 365 g/mol. The molecule has 0 aliphatic rings. The van der Waals surface area contributed by atoms with Crippen LogP contribution in [-0.4, -0.2) is 13.1 Å². The average Bonchev–Trinajstić information content (AvgIpc) is 2.18. The largest absolute Gasteiger partial charge is 0.465 e. The van der Waals surface area contributed by atoms with Gasteiger partial charge in [-0.1, -0.05) is 0 Å². The summed E-state index contributed by atoms with van der Waals surface area (Å²) >= 11 is 5.24. The van der Waals surface area contributed by atoms with E-state index in [2.05, 4.69) is 20.7 Å². The fourth-order valence-electron chi connectivity index (χ4n) is 0.923. The van der Waals surface area contributed by atoms with Crippen LogP contribution in [0.3, 0.4) is 0 Å². The van der Waals surface area contributed by atoms with Crippen LogP contribution in [0.2, 0.25) is 0 Å². The number of methoxy groups -OCH3 is 1. The van der Waals surface area contributed by atoms with Crippen LogP contribution in [0.5, 0.6) is 0 Å². The van der Waals surface area contributed by atoms with Gasteiger partial charge in [0.1, 0.15) is 6.07 Å². The molecule has 0 unspecified atom stereocenters. The summed E-state index contributed by atoms with van der Waals surface area (Å²) in [6.07, 6.45) is 0. The number of hydrogen-bond donors (Lipinski definition) is 0. The normalized spacial score (nSPS) is 9.29. The Hall–Kier alpha value is -0.610. The minimum Gasteiger partial charge on any atom is -0.465 e. The molecule has 0 aromatic heterocycles. The van der Waals surface area contributed by atoms with Gasteiger partial charge in [0, 0.05) is 3.57 Å². The molecule has 0 aliphatic carbocycles. The quantitative estimate of drug-likeness (QED) is 0.568. The lowest BCUT2D eigenvalue weighted by molar-refractivity contribution is 0.0599. The molecule has 3 nitrogen and oxygen atoms in total. The molecular formula is C9H5BrINO2. The minimum atomic E-state index is -0.454. The summed E-state index contributed by atoms with van der Waals surface area (Å²) in [5, 5.41) is 8.84. The van der Waals surface area contributed by atoms with E-state index in [9.17, 15) is 4.79 Å². The van der Waals surface area contributed by atoms with E-state index in [4.69, 9.17) is 5.26 Å². The summed E-state index contributed by atoms with van der Waals surface area (Å²) in [7, 11) is 1.30. The molecule has 0 N–H and O–H groups in total. The minimum absolute atomic E-state index is 0.365. The molecule has 0 saturated heterocycles. The number of rotatable bonds is 1. The number of benzene rings is 1. The van der Waals surface area contributed by atoms with E-state index in [1.54, 1.807) is 12.1 Å². The molecule has 0 saturated carbocycles. The number of hydrogen-bond acceptors (Lipinski definition) is 3. The second kappa shape index (κ2) is 4.75. The van der Waals surface area contributed by atoms with Gasteiger partial charge in [-0.15, -0.1) is 0 Å². The highest BCUT2D eigenvalue weighted by Gasteiger charge is 2.15. The van der Waals surface area contributed by atoms with Crippen molar-refractivity contribution in [3.8, 4) is 6.07 Å². The number of nitriles is 1. The molecule has 0 aliphatic heterocycles. The Bertz CT molecular complexity index is 426. The van der Waals surface area contributed by atoms with E-state index in [-0.39, 0.29) is 0 Å². The number of halogens is 2. The van der Waals surface area contributed by atoms with Gasteiger partial charge < -0.3 is 4.74 Å². The van der Waals surface area contributed by atoms with E-state index in [0.717, 1.165) is 3.57 Å². The van der Waals surface area contributed by atoms with E-state index in [1.165, 1.54) is 7.11 Å². The maximum Gasteiger partial charge on any atom is 0.339 e. The van der Waals surface area contributed by atoms with Crippen LogP contribution in [0.25, 0.3) is 0 Å². The van der Waals surface area contributed by atoms with Gasteiger partial charge in [0.2, 0.25) is 0 Å². The van der Waals surface area contributed by atoms with Crippen molar-refractivity contribution in [2.45, 2.75) is 0 Å². The lowest BCUT2D eigenvalue weighted by atomic mass is 10.1. The lowest BCUT2D eigenvalue weighted by Gasteiger charge is -2.04. The summed E-state index contributed by atoms with van der Waals surface area (Å²) in [6, 6.07) is 5.35. The summed E-state index contributed by atoms with van der Waals surface area (Å²) in [4.78, 5) is 11.2. The fraction of sp³-hybridized carbons (Fsp3) is 0.111. The first-order chi connectivity index (χ1) is 6.61. The molecule has 0 radical (unpaired) electrons. The third-order valence-electron chi connectivity index (χ3n) is 1.61. The van der Waals surface area contributed by atoms with Gasteiger partial charge in [-0.25, -0.2) is 4.79 Å². The van der Waals surface area contributed by atoms with Crippen molar-refractivity contribution in [3.63, 3.8) is 0 Å². The third kappa shape index (κ3) is 2.07. The topological polar surface area (TPSA) is 50.1 Å². The number of carbonyl (C=O) groups is 1. The van der Waals surface area contributed by atoms with Gasteiger partial charge in [0.25, 0.3) is 0 Å². The zero-order valence-corrected chi connectivity index (χ0v) is 10.9. The Morgan fingerprint density at radius 1 is 1.64 bits per heavy atom. The predicted octanol–water partition coefficient (Wildman–Crippen LogP) is 2.71. The Kier molecular flexibility index (Phi) is 3.89. The summed E-state index contributed by atoms with van der Waals surface area (Å²) in [5.74, 6) is -0.454. The van der Waals surface area contributed by atoms with Crippen LogP contribution in [0.1, 0.15) is 15.9 Å². The SMILES string of the molecule is COC(=O)c1ccc(I)c(C#N)c1Br. The Labute approximate surface area is 103 Å². The van der Waals surface area contributed by atoms with Crippen LogP contribution in [0.4, 0.5) is 0 Å². The Morgan fingerprint density at radius 3 is 2.79 bits per heavy atom. The van der Waals surface area contributed by atoms with Gasteiger partial charge in [0.15, 0.2) is 0 Å². The standard InChI is InChI=1S/C9H5BrINO2/c1-14-9(13)5-2-3-7(11)6(4-12)8(5)10/h2-3H,1H3. The molecular weight excluding hydrogens is 361 g/mol. The van der Waals surface area contributed by atoms with Gasteiger partial charge in [-0.05, 0) is 50.7 Å². The first-order valence-corrected chi connectivity index (χ1v) is 5.45. The van der Waals surface area contributed by atoms with E-state index < -0.39 is 5.97 Å². The second-order valence-corrected chi connectivity index (χ2v) is 4.34. The van der Waals surface area contributed by atoms with Crippen molar-refractivity contribution in [3.05, 3.63) is 31.3 Å². The molecule has 1 aromatic rings. The fourth-order valence-corrected chi connectivity index (χ4v) is 2.46. The van der Waals surface area contributed by atoms with E-state index in [1.807, 2.05) is 28.7 Å². The molecule has 5 heteroatoms. The Balaban J connectivity index is 3.37. The molecule has 1 aromatic carbocycles. The highest BCUT2D eigenvalue weighted by Crippen LogP contribution is 2.26. The molecule has 0 amide bonds. The lowest BCUT2D eigenvalue weighted by Crippen LogP contribution is -2.04. The first-order valence-electron chi connectivity index (χ1n) is 3.58. The van der Waals surface area contributed by atoms with E-state index >= 15 is 0 Å². The van der Waals surface area contributed by atoms with Crippen LogP contribution in [0, 0.1) is 14.9 Å². The smallest absolute Gasteiger partial charge is 0.339 e. The summed E-state index contributed by atoms with van der Waals surface area (Å²) < 4.78 is 5.86. The van der Waals surface area contributed by atoms with Crippen molar-refractivity contribution in [1.82, 2.24) is 0 Å². The van der Waals surface area contributed by atoms with Crippen molar-refractivity contribution in [1.29, 1.82) is 5.26 Å². The average molecular weight is 366 g/mol. The molecule has 0 bridgehead atoms. The first kappa shape index (κ1) is 11.5. The number of esters is 1. The van der Waals surface area contributed by atoms with Crippen molar-refractivity contribution >= 4 is 44.5 Å². The molecule has 0 spiro atoms. The van der Waals surface area contributed by atoms with Gasteiger partial charge in [0.05, 0.1) is 22.7 Å². The molecule has 72 valence electrons. The zero-order valence-electron chi connectivity index (χ0n) is 7.17. The molecule has 0 atom stereocenters. The van der Waals surface area contributed by atoms with E-state index in [0.29, 0.717) is 15.6 Å². The predicted molar refractivity (Wildman–Crippen MR) is 62.9 cm³/mol. The highest BCUT2D eigenvalue weighted by molar-refractivity contribution is 14.1. The maximum atomic E-state index is 11.2. The highest BCUT2D eigenvalue weighted by atomic mass is 127. The zero-order chi connectivity index (χ0) is 10.7. The summed E-state index contributed by atoms with van der Waals surface area (Å²) in [5.41, 5.74) is 0.818. The van der Waals surface area contributed by atoms with Crippen LogP contribution in [0.15, 0.2) is 16.6 Å². The molecule has 0 heterocycles. The number of carbonyl (C=O) groups excluding carboxylic acids is 1. The molecule has 1 rings (SSSR count). The van der Waals surface area contributed by atoms with Gasteiger partial charge in [-0.3, -0.25) is 0 Å². The van der Waals surface area contributed by atoms with Gasteiger partial charge in [-0.2, -0.15) is 5.26 Å². The van der Waals surface area contributed by atoms with Crippen LogP contribution in [-0.2, 0) is 4.74 Å². The second-order valence-electron chi connectivity index (χ2n) is 2.39. The van der Waals surface area contributed by atoms with Crippen molar-refractivity contribution in [2.24, 2.45) is 0 Å².